The van der Waals surface area contributed by atoms with Crippen molar-refractivity contribution in [3.8, 4) is 5.75 Å². The molecule has 8 heteroatoms. The van der Waals surface area contributed by atoms with Crippen molar-refractivity contribution in [3.05, 3.63) is 24.3 Å². The first kappa shape index (κ1) is 19.5. The Morgan fingerprint density at radius 1 is 1.36 bits per heavy atom. The summed E-state index contributed by atoms with van der Waals surface area (Å²) in [6, 6.07) is 6.86. The van der Waals surface area contributed by atoms with Crippen LogP contribution in [0.1, 0.15) is 26.7 Å². The Hall–Kier alpha value is -1.80. The van der Waals surface area contributed by atoms with Crippen molar-refractivity contribution in [1.29, 1.82) is 0 Å². The summed E-state index contributed by atoms with van der Waals surface area (Å²) in [6.45, 7) is 4.82. The molecule has 1 atom stereocenters. The second-order valence-corrected chi connectivity index (χ2v) is 8.20. The molecule has 1 saturated heterocycles. The Morgan fingerprint density at radius 2 is 2.04 bits per heavy atom. The third kappa shape index (κ3) is 5.89. The Bertz CT molecular complexity index is 667. The molecule has 0 spiro atoms. The van der Waals surface area contributed by atoms with E-state index in [1.54, 1.807) is 24.3 Å². The number of hydrogen-bond donors (Lipinski definition) is 1. The molecule has 2 rings (SSSR count). The van der Waals surface area contributed by atoms with E-state index in [4.69, 9.17) is 9.47 Å². The number of anilines is 1. The summed E-state index contributed by atoms with van der Waals surface area (Å²) >= 11 is 0. The third-order valence-electron chi connectivity index (χ3n) is 3.73. The highest BCUT2D eigenvalue weighted by atomic mass is 32.2. The molecule has 1 heterocycles. The average molecular weight is 370 g/mol. The average Bonchev–Trinajstić information content (AvgIpc) is 3.05. The van der Waals surface area contributed by atoms with Crippen molar-refractivity contribution >= 4 is 21.6 Å². The molecule has 1 unspecified atom stereocenters. The van der Waals surface area contributed by atoms with Crippen LogP contribution in [0.15, 0.2) is 24.3 Å². The number of benzene rings is 1. The predicted octanol–water partition coefficient (Wildman–Crippen LogP) is 1.53. The molecular formula is C17H26N2O5S. The highest BCUT2D eigenvalue weighted by Crippen LogP contribution is 2.22. The highest BCUT2D eigenvalue weighted by molar-refractivity contribution is 7.92. The van der Waals surface area contributed by atoms with Crippen LogP contribution in [0.4, 0.5) is 5.69 Å². The van der Waals surface area contributed by atoms with Gasteiger partial charge in [0.25, 0.3) is 0 Å². The lowest BCUT2D eigenvalue weighted by molar-refractivity contribution is -0.129. The molecule has 7 nitrogen and oxygen atoms in total. The monoisotopic (exact) mass is 370 g/mol. The van der Waals surface area contributed by atoms with Crippen molar-refractivity contribution in [1.82, 2.24) is 5.32 Å². The van der Waals surface area contributed by atoms with E-state index in [1.165, 1.54) is 4.31 Å². The summed E-state index contributed by atoms with van der Waals surface area (Å²) < 4.78 is 36.3. The number of carbonyl (C=O) groups excluding carboxylic acids is 1. The van der Waals surface area contributed by atoms with E-state index in [0.717, 1.165) is 12.7 Å². The molecule has 140 valence electrons. The van der Waals surface area contributed by atoms with Gasteiger partial charge in [0.1, 0.15) is 11.9 Å². The first-order chi connectivity index (χ1) is 11.8. The number of sulfonamides is 1. The normalized spacial score (nSPS) is 17.5. The maximum absolute atomic E-state index is 12.1. The number of amides is 1. The van der Waals surface area contributed by atoms with Crippen LogP contribution < -0.4 is 14.4 Å². The smallest absolute Gasteiger partial charge is 0.249 e. The van der Waals surface area contributed by atoms with Gasteiger partial charge in [0.05, 0.1) is 24.6 Å². The van der Waals surface area contributed by atoms with E-state index in [0.29, 0.717) is 24.5 Å². The van der Waals surface area contributed by atoms with Crippen LogP contribution in [0.3, 0.4) is 0 Å². The van der Waals surface area contributed by atoms with Crippen LogP contribution in [0.2, 0.25) is 0 Å². The molecule has 0 saturated carbocycles. The fraction of sp³-hybridized carbons (Fsp3) is 0.588. The third-order valence-corrected chi connectivity index (χ3v) is 4.93. The van der Waals surface area contributed by atoms with Crippen LogP contribution >= 0.6 is 0 Å². The maximum atomic E-state index is 12.1. The molecular weight excluding hydrogens is 344 g/mol. The van der Waals surface area contributed by atoms with Crippen molar-refractivity contribution in [2.45, 2.75) is 38.9 Å². The van der Waals surface area contributed by atoms with Gasteiger partial charge in [0.15, 0.2) is 0 Å². The second-order valence-electron chi connectivity index (χ2n) is 6.29. The van der Waals surface area contributed by atoms with Crippen LogP contribution in [-0.4, -0.2) is 52.5 Å². The number of ether oxygens (including phenoxy) is 2. The lowest BCUT2D eigenvalue weighted by Gasteiger charge is -2.23. The van der Waals surface area contributed by atoms with E-state index >= 15 is 0 Å². The van der Waals surface area contributed by atoms with Crippen LogP contribution in [-0.2, 0) is 19.6 Å². The molecule has 1 fully saturated rings. The van der Waals surface area contributed by atoms with Crippen molar-refractivity contribution in [2.24, 2.45) is 0 Å². The van der Waals surface area contributed by atoms with Gasteiger partial charge in [0.2, 0.25) is 15.9 Å². The number of nitrogens with one attached hydrogen (secondary N) is 1. The van der Waals surface area contributed by atoms with E-state index in [-0.39, 0.29) is 25.1 Å². The minimum absolute atomic E-state index is 0.0462. The molecule has 0 aromatic heterocycles. The zero-order valence-corrected chi connectivity index (χ0v) is 15.7. The number of carbonyl (C=O) groups is 1. The van der Waals surface area contributed by atoms with Crippen LogP contribution in [0.25, 0.3) is 0 Å². The van der Waals surface area contributed by atoms with Gasteiger partial charge in [-0.05, 0) is 51.0 Å². The van der Waals surface area contributed by atoms with Crippen molar-refractivity contribution in [3.63, 3.8) is 0 Å². The topological polar surface area (TPSA) is 84.9 Å². The Balaban J connectivity index is 1.98. The largest absolute Gasteiger partial charge is 0.491 e. The minimum atomic E-state index is -3.46. The van der Waals surface area contributed by atoms with Gasteiger partial charge in [-0.25, -0.2) is 8.42 Å². The van der Waals surface area contributed by atoms with E-state index in [2.05, 4.69) is 5.32 Å². The molecule has 1 amide bonds. The SMILES string of the molecule is CC(C)Oc1ccc(N(CCNC(=O)C2CCCO2)S(C)(=O)=O)cc1. The van der Waals surface area contributed by atoms with Gasteiger partial charge in [-0.1, -0.05) is 0 Å². The van der Waals surface area contributed by atoms with Gasteiger partial charge in [-0.2, -0.15) is 0 Å². The Morgan fingerprint density at radius 3 is 2.56 bits per heavy atom. The zero-order chi connectivity index (χ0) is 18.4. The lowest BCUT2D eigenvalue weighted by Crippen LogP contribution is -2.41. The first-order valence-corrected chi connectivity index (χ1v) is 10.3. The lowest BCUT2D eigenvalue weighted by atomic mass is 10.2. The zero-order valence-electron chi connectivity index (χ0n) is 14.9. The van der Waals surface area contributed by atoms with Crippen LogP contribution in [0.5, 0.6) is 5.75 Å². The summed E-state index contributed by atoms with van der Waals surface area (Å²) in [7, 11) is -3.46. The molecule has 1 N–H and O–H groups in total. The second kappa shape index (κ2) is 8.53. The van der Waals surface area contributed by atoms with Gasteiger partial charge in [0, 0.05) is 13.2 Å². The fourth-order valence-electron chi connectivity index (χ4n) is 2.63. The molecule has 0 aliphatic carbocycles. The van der Waals surface area contributed by atoms with Gasteiger partial charge in [-0.3, -0.25) is 9.10 Å². The molecule has 0 radical (unpaired) electrons. The Kier molecular flexibility index (Phi) is 6.66. The Labute approximate surface area is 149 Å². The first-order valence-electron chi connectivity index (χ1n) is 8.41. The van der Waals surface area contributed by atoms with Crippen LogP contribution in [0, 0.1) is 0 Å². The number of rotatable bonds is 8. The van der Waals surface area contributed by atoms with E-state index < -0.39 is 16.1 Å². The summed E-state index contributed by atoms with van der Waals surface area (Å²) in [5.41, 5.74) is 0.532. The fourth-order valence-corrected chi connectivity index (χ4v) is 3.56. The van der Waals surface area contributed by atoms with Gasteiger partial charge in [-0.15, -0.1) is 0 Å². The van der Waals surface area contributed by atoms with Crippen molar-refractivity contribution in [2.75, 3.05) is 30.3 Å². The highest BCUT2D eigenvalue weighted by Gasteiger charge is 2.24. The molecule has 1 aromatic rings. The van der Waals surface area contributed by atoms with Gasteiger partial charge >= 0.3 is 0 Å². The molecule has 1 aliphatic heterocycles. The number of hydrogen-bond acceptors (Lipinski definition) is 5. The number of nitrogens with zero attached hydrogens (tertiary/aromatic N) is 1. The standard InChI is InChI=1S/C17H26N2O5S/c1-13(2)24-15-8-6-14(7-9-15)19(25(3,21)22)11-10-18-17(20)16-5-4-12-23-16/h6-9,13,16H,4-5,10-12H2,1-3H3,(H,18,20). The quantitative estimate of drug-likeness (QED) is 0.750. The van der Waals surface area contributed by atoms with Crippen molar-refractivity contribution < 1.29 is 22.7 Å². The summed E-state index contributed by atoms with van der Waals surface area (Å²) in [5.74, 6) is 0.491. The maximum Gasteiger partial charge on any atom is 0.249 e. The summed E-state index contributed by atoms with van der Waals surface area (Å²) in [4.78, 5) is 11.9. The predicted molar refractivity (Wildman–Crippen MR) is 96.4 cm³/mol. The summed E-state index contributed by atoms with van der Waals surface area (Å²) in [5, 5.41) is 2.74. The van der Waals surface area contributed by atoms with Gasteiger partial charge < -0.3 is 14.8 Å². The minimum Gasteiger partial charge on any atom is -0.491 e. The molecule has 1 aromatic carbocycles. The molecule has 0 bridgehead atoms. The molecule has 25 heavy (non-hydrogen) atoms. The van der Waals surface area contributed by atoms with E-state index in [9.17, 15) is 13.2 Å². The summed E-state index contributed by atoms with van der Waals surface area (Å²) in [6.07, 6.45) is 2.36. The van der Waals surface area contributed by atoms with E-state index in [1.807, 2.05) is 13.8 Å². The molecule has 1 aliphatic rings.